The minimum absolute atomic E-state index is 0.000845. The molecule has 2 heterocycles. The molecule has 2 fully saturated rings. The van der Waals surface area contributed by atoms with Crippen LogP contribution < -0.4 is 10.6 Å². The monoisotopic (exact) mass is 692 g/mol. The van der Waals surface area contributed by atoms with Gasteiger partial charge in [-0.1, -0.05) is 72.1 Å². The van der Waals surface area contributed by atoms with Crippen molar-refractivity contribution in [3.05, 3.63) is 0 Å². The van der Waals surface area contributed by atoms with E-state index in [1.807, 2.05) is 13.8 Å². The number of nitrogens with one attached hydrogen (secondary N) is 2. The maximum Gasteiger partial charge on any atom is 0.222 e. The molecule has 48 heavy (non-hydrogen) atoms. The molecule has 280 valence electrons. The van der Waals surface area contributed by atoms with E-state index in [1.165, 1.54) is 32.1 Å². The second-order valence-electron chi connectivity index (χ2n) is 13.3. The Bertz CT molecular complexity index is 953. The summed E-state index contributed by atoms with van der Waals surface area (Å²) >= 11 is 0. The van der Waals surface area contributed by atoms with E-state index in [1.54, 1.807) is 0 Å². The first-order valence-electron chi connectivity index (χ1n) is 17.6. The minimum Gasteiger partial charge on any atom is -0.394 e. The highest BCUT2D eigenvalue weighted by molar-refractivity contribution is 5.90. The Morgan fingerprint density at radius 3 is 1.85 bits per heavy atom. The Balaban J connectivity index is 1.78. The first-order valence-corrected chi connectivity index (χ1v) is 17.6. The van der Waals surface area contributed by atoms with Gasteiger partial charge in [-0.15, -0.1) is 0 Å². The van der Waals surface area contributed by atoms with Gasteiger partial charge < -0.3 is 60.6 Å². The minimum atomic E-state index is -1.79. The van der Waals surface area contributed by atoms with Gasteiger partial charge >= 0.3 is 0 Å². The lowest BCUT2D eigenvalue weighted by Gasteiger charge is -2.46. The first-order chi connectivity index (χ1) is 22.9. The Labute approximate surface area is 283 Å². The van der Waals surface area contributed by atoms with Crippen molar-refractivity contribution in [3.63, 3.8) is 0 Å². The van der Waals surface area contributed by atoms with Crippen LogP contribution in [-0.2, 0) is 28.6 Å². The van der Waals surface area contributed by atoms with E-state index >= 15 is 0 Å². The summed E-state index contributed by atoms with van der Waals surface area (Å²) in [5.41, 5.74) is 0. The number of unbranched alkanes of at least 4 members (excludes halogenated alkanes) is 8. The second-order valence-corrected chi connectivity index (χ2v) is 13.3. The Kier molecular flexibility index (Phi) is 19.5. The van der Waals surface area contributed by atoms with Crippen LogP contribution in [0.1, 0.15) is 104 Å². The summed E-state index contributed by atoms with van der Waals surface area (Å²) in [4.78, 5) is 38.0. The predicted octanol–water partition coefficient (Wildman–Crippen LogP) is -0.472. The lowest BCUT2D eigenvalue weighted by Crippen LogP contribution is -2.66. The molecule has 0 aromatic heterocycles. The van der Waals surface area contributed by atoms with E-state index in [4.69, 9.17) is 14.2 Å². The van der Waals surface area contributed by atoms with Crippen molar-refractivity contribution in [3.8, 4) is 0 Å². The third kappa shape index (κ3) is 13.2. The third-order valence-corrected chi connectivity index (χ3v) is 8.96. The van der Waals surface area contributed by atoms with Gasteiger partial charge in [0.1, 0.15) is 48.8 Å². The van der Waals surface area contributed by atoms with Crippen molar-refractivity contribution < 1.29 is 64.3 Å². The van der Waals surface area contributed by atoms with E-state index in [0.29, 0.717) is 19.3 Å². The van der Waals surface area contributed by atoms with Gasteiger partial charge in [-0.05, 0) is 19.3 Å². The van der Waals surface area contributed by atoms with Gasteiger partial charge in [0, 0.05) is 18.8 Å². The Hall–Kier alpha value is -1.79. The van der Waals surface area contributed by atoms with Crippen LogP contribution in [0.15, 0.2) is 0 Å². The van der Waals surface area contributed by atoms with Gasteiger partial charge in [0.05, 0.1) is 19.3 Å². The smallest absolute Gasteiger partial charge is 0.222 e. The molecule has 5 unspecified atom stereocenters. The fraction of sp³-hybridized carbons (Fsp3) is 0.909. The Morgan fingerprint density at radius 2 is 1.27 bits per heavy atom. The van der Waals surface area contributed by atoms with Crippen molar-refractivity contribution in [1.82, 2.24) is 10.6 Å². The summed E-state index contributed by atoms with van der Waals surface area (Å²) in [6, 6.07) is -0.537. The molecule has 0 radical (unpaired) electrons. The standard InChI is InChI=1S/C33H60N2O13/c1-4-5-6-7-8-9-10-11-14-20(25(40)19(2)3)34-23(38)15-12-13-16-24(39)35-32-29(44)28(43)31(22(18-37)46-32)48-33-30(45)27(42)26(41)21(17-36)47-33/h19-22,26-33,36-37,41-45H,4-18H2,1-3H3,(H,34,38)(H,35,39)/t20?,21?,22?,26-,27-,28+,29?,30?,31-,32+,33-/m0/s1. The van der Waals surface area contributed by atoms with Crippen LogP contribution in [0.25, 0.3) is 0 Å². The first kappa shape index (κ1) is 42.4. The lowest BCUT2D eigenvalue weighted by molar-refractivity contribution is -0.343. The normalized spacial score (nSPS) is 31.4. The maximum absolute atomic E-state index is 12.7. The molecule has 2 aliphatic rings. The molecule has 9 N–H and O–H groups in total. The summed E-state index contributed by atoms with van der Waals surface area (Å²) < 4.78 is 16.4. The van der Waals surface area contributed by atoms with Crippen molar-refractivity contribution >= 4 is 17.6 Å². The molecule has 2 rings (SSSR count). The molecule has 0 aromatic carbocycles. The largest absolute Gasteiger partial charge is 0.394 e. The number of hydrogen-bond donors (Lipinski definition) is 9. The third-order valence-electron chi connectivity index (χ3n) is 8.96. The van der Waals surface area contributed by atoms with Crippen LogP contribution in [0, 0.1) is 5.92 Å². The SMILES string of the molecule is CCCCCCCCCCC(NC(=O)CCCCC(=O)N[C@@H]1OC(CO)[C@H](O[C@@H]2OC(CO)[C@H](O)[C@H](O)C2O)[C@H](O)C1O)C(=O)C(C)C. The molecule has 15 nitrogen and oxygen atoms in total. The van der Waals surface area contributed by atoms with E-state index in [2.05, 4.69) is 17.6 Å². The van der Waals surface area contributed by atoms with Crippen LogP contribution >= 0.6 is 0 Å². The van der Waals surface area contributed by atoms with E-state index in [9.17, 15) is 50.1 Å². The number of Topliss-reactive ketones (excluding diaryl/α,β-unsaturated/α-hetero) is 1. The molecule has 0 spiro atoms. The van der Waals surface area contributed by atoms with Crippen LogP contribution in [0.3, 0.4) is 0 Å². The van der Waals surface area contributed by atoms with Crippen molar-refractivity contribution in [2.24, 2.45) is 5.92 Å². The van der Waals surface area contributed by atoms with Crippen LogP contribution in [0.2, 0.25) is 0 Å². The van der Waals surface area contributed by atoms with Crippen LogP contribution in [-0.4, -0.2) is 134 Å². The van der Waals surface area contributed by atoms with Gasteiger partial charge in [-0.3, -0.25) is 14.4 Å². The number of aliphatic hydroxyl groups is 7. The number of amides is 2. The average molecular weight is 693 g/mol. The van der Waals surface area contributed by atoms with Gasteiger partial charge in [-0.25, -0.2) is 0 Å². The molecule has 15 heteroatoms. The van der Waals surface area contributed by atoms with Gasteiger partial charge in [0.15, 0.2) is 18.3 Å². The maximum atomic E-state index is 12.7. The summed E-state index contributed by atoms with van der Waals surface area (Å²) in [6.07, 6.45) is -5.34. The number of ketones is 1. The van der Waals surface area contributed by atoms with Gasteiger partial charge in [-0.2, -0.15) is 0 Å². The predicted molar refractivity (Wildman–Crippen MR) is 172 cm³/mol. The topological polar surface area (TPSA) is 245 Å². The molecule has 2 saturated heterocycles. The number of ether oxygens (including phenoxy) is 3. The molecule has 0 aliphatic carbocycles. The average Bonchev–Trinajstić information content (AvgIpc) is 3.06. The number of carbonyl (C=O) groups is 3. The second kappa shape index (κ2) is 22.1. The quantitative estimate of drug-likeness (QED) is 0.0653. The van der Waals surface area contributed by atoms with E-state index in [0.717, 1.165) is 19.3 Å². The van der Waals surface area contributed by atoms with Crippen molar-refractivity contribution in [2.75, 3.05) is 13.2 Å². The zero-order valence-electron chi connectivity index (χ0n) is 28.6. The molecule has 11 atom stereocenters. The summed E-state index contributed by atoms with van der Waals surface area (Å²) in [7, 11) is 0. The molecular weight excluding hydrogens is 632 g/mol. The molecule has 0 bridgehead atoms. The fourth-order valence-corrected chi connectivity index (χ4v) is 5.95. The van der Waals surface area contributed by atoms with Gasteiger partial charge in [0.25, 0.3) is 0 Å². The lowest BCUT2D eigenvalue weighted by atomic mass is 9.96. The summed E-state index contributed by atoms with van der Waals surface area (Å²) in [5, 5.41) is 76.2. The molecular formula is C33H60N2O13. The molecule has 2 amide bonds. The van der Waals surface area contributed by atoms with E-state index < -0.39 is 86.5 Å². The highest BCUT2D eigenvalue weighted by Gasteiger charge is 2.50. The zero-order chi connectivity index (χ0) is 35.8. The molecule has 0 aromatic rings. The van der Waals surface area contributed by atoms with Crippen LogP contribution in [0.5, 0.6) is 0 Å². The van der Waals surface area contributed by atoms with Gasteiger partial charge in [0.2, 0.25) is 11.8 Å². The fourth-order valence-electron chi connectivity index (χ4n) is 5.95. The number of aliphatic hydroxyl groups excluding tert-OH is 7. The summed E-state index contributed by atoms with van der Waals surface area (Å²) in [5.74, 6) is -1.01. The molecule has 0 saturated carbocycles. The van der Waals surface area contributed by atoms with Crippen molar-refractivity contribution in [2.45, 2.75) is 172 Å². The summed E-state index contributed by atoms with van der Waals surface area (Å²) in [6.45, 7) is 4.38. The highest BCUT2D eigenvalue weighted by Crippen LogP contribution is 2.28. The van der Waals surface area contributed by atoms with Crippen molar-refractivity contribution in [1.29, 1.82) is 0 Å². The highest BCUT2D eigenvalue weighted by atomic mass is 16.7. The molecule has 2 aliphatic heterocycles. The number of hydrogen-bond acceptors (Lipinski definition) is 13. The number of carbonyl (C=O) groups excluding carboxylic acids is 3. The number of rotatable bonds is 22. The zero-order valence-corrected chi connectivity index (χ0v) is 28.6. The van der Waals surface area contributed by atoms with Crippen LogP contribution in [0.4, 0.5) is 0 Å². The Morgan fingerprint density at radius 1 is 0.688 bits per heavy atom. The van der Waals surface area contributed by atoms with E-state index in [-0.39, 0.29) is 30.4 Å².